The highest BCUT2D eigenvalue weighted by atomic mass is 16.4. The van der Waals surface area contributed by atoms with E-state index >= 15 is 0 Å². The standard InChI is InChI=1S/C27H34N4O8/c1-16(32)23(27(38)39)31-26(37)21(15-18-10-6-3-7-11-18)30-25(36)20(14-17-8-4-2-5-9-17)29-24(35)19(28)12-13-22(33)34/h2-11,16,19-21,23,32H,12-15,28H2,1H3,(H,29,35)(H,30,36)(H,31,37)(H,33,34)(H,38,39). The maximum Gasteiger partial charge on any atom is 0.328 e. The Morgan fingerprint density at radius 1 is 0.744 bits per heavy atom. The maximum atomic E-state index is 13.4. The van der Waals surface area contributed by atoms with E-state index < -0.39 is 59.9 Å². The molecule has 0 fully saturated rings. The molecule has 5 unspecified atom stereocenters. The fraction of sp³-hybridized carbons (Fsp3) is 0.370. The van der Waals surface area contributed by atoms with E-state index in [1.54, 1.807) is 60.7 Å². The molecule has 0 aromatic heterocycles. The van der Waals surface area contributed by atoms with Crippen LogP contribution in [0.4, 0.5) is 0 Å². The average Bonchev–Trinajstić information content (AvgIpc) is 2.90. The Morgan fingerprint density at radius 2 is 1.18 bits per heavy atom. The second kappa shape index (κ2) is 15.2. The van der Waals surface area contributed by atoms with E-state index in [1.807, 2.05) is 0 Å². The van der Waals surface area contributed by atoms with Gasteiger partial charge < -0.3 is 37.0 Å². The number of rotatable bonds is 15. The molecule has 0 saturated heterocycles. The number of carbonyl (C=O) groups excluding carboxylic acids is 3. The number of benzene rings is 2. The van der Waals surface area contributed by atoms with Gasteiger partial charge in [0.25, 0.3) is 0 Å². The molecule has 0 aliphatic carbocycles. The second-order valence-electron chi connectivity index (χ2n) is 9.11. The number of aliphatic hydroxyl groups excluding tert-OH is 1. The van der Waals surface area contributed by atoms with E-state index in [9.17, 15) is 34.2 Å². The molecular weight excluding hydrogens is 508 g/mol. The SMILES string of the molecule is CC(O)C(NC(=O)C(Cc1ccccc1)NC(=O)C(Cc1ccccc1)NC(=O)C(N)CCC(=O)O)C(=O)O. The van der Waals surface area contributed by atoms with Crippen molar-refractivity contribution < 1.29 is 39.3 Å². The lowest BCUT2D eigenvalue weighted by Gasteiger charge is -2.26. The summed E-state index contributed by atoms with van der Waals surface area (Å²) in [6, 6.07) is 12.2. The van der Waals surface area contributed by atoms with Crippen molar-refractivity contribution in [2.24, 2.45) is 5.73 Å². The van der Waals surface area contributed by atoms with Gasteiger partial charge >= 0.3 is 11.9 Å². The van der Waals surface area contributed by atoms with Crippen LogP contribution in [0.15, 0.2) is 60.7 Å². The van der Waals surface area contributed by atoms with Gasteiger partial charge in [-0.3, -0.25) is 19.2 Å². The van der Waals surface area contributed by atoms with Crippen molar-refractivity contribution in [2.45, 2.75) is 62.9 Å². The first-order valence-electron chi connectivity index (χ1n) is 12.3. The fourth-order valence-electron chi connectivity index (χ4n) is 3.72. The third-order valence-corrected chi connectivity index (χ3v) is 5.88. The largest absolute Gasteiger partial charge is 0.481 e. The first kappa shape index (κ1) is 30.9. The molecule has 12 nitrogen and oxygen atoms in total. The first-order valence-corrected chi connectivity index (χ1v) is 12.3. The number of aliphatic hydroxyl groups is 1. The van der Waals surface area contributed by atoms with E-state index in [2.05, 4.69) is 16.0 Å². The number of carboxylic acids is 2. The van der Waals surface area contributed by atoms with Gasteiger partial charge in [0, 0.05) is 19.3 Å². The number of nitrogens with one attached hydrogen (secondary N) is 3. The number of carbonyl (C=O) groups is 5. The summed E-state index contributed by atoms with van der Waals surface area (Å²) < 4.78 is 0. The topological polar surface area (TPSA) is 208 Å². The van der Waals surface area contributed by atoms with Crippen molar-refractivity contribution in [2.75, 3.05) is 0 Å². The quantitative estimate of drug-likeness (QED) is 0.156. The summed E-state index contributed by atoms with van der Waals surface area (Å²) in [6.45, 7) is 1.21. The molecule has 8 N–H and O–H groups in total. The highest BCUT2D eigenvalue weighted by molar-refractivity contribution is 5.94. The highest BCUT2D eigenvalue weighted by Gasteiger charge is 2.32. The number of hydrogen-bond donors (Lipinski definition) is 7. The summed E-state index contributed by atoms with van der Waals surface area (Å²) in [5.41, 5.74) is 7.18. The van der Waals surface area contributed by atoms with Gasteiger partial charge in [0.05, 0.1) is 12.1 Å². The van der Waals surface area contributed by atoms with Gasteiger partial charge in [-0.1, -0.05) is 60.7 Å². The van der Waals surface area contributed by atoms with E-state index in [1.165, 1.54) is 6.92 Å². The highest BCUT2D eigenvalue weighted by Crippen LogP contribution is 2.08. The molecule has 2 rings (SSSR count). The molecule has 0 aliphatic rings. The van der Waals surface area contributed by atoms with Gasteiger partial charge in [0.15, 0.2) is 6.04 Å². The van der Waals surface area contributed by atoms with Gasteiger partial charge in [0.2, 0.25) is 17.7 Å². The fourth-order valence-corrected chi connectivity index (χ4v) is 3.72. The molecule has 0 spiro atoms. The zero-order chi connectivity index (χ0) is 28.9. The molecule has 3 amide bonds. The second-order valence-corrected chi connectivity index (χ2v) is 9.11. The van der Waals surface area contributed by atoms with Gasteiger partial charge in [-0.2, -0.15) is 0 Å². The Morgan fingerprint density at radius 3 is 1.59 bits per heavy atom. The van der Waals surface area contributed by atoms with Crippen LogP contribution in [0, 0.1) is 0 Å². The molecule has 0 heterocycles. The van der Waals surface area contributed by atoms with Crippen LogP contribution in [0.25, 0.3) is 0 Å². The summed E-state index contributed by atoms with van der Waals surface area (Å²) in [7, 11) is 0. The van der Waals surface area contributed by atoms with Gasteiger partial charge in [-0.05, 0) is 24.5 Å². The first-order chi connectivity index (χ1) is 18.5. The van der Waals surface area contributed by atoms with Crippen LogP contribution in [-0.2, 0) is 36.8 Å². The predicted molar refractivity (Wildman–Crippen MR) is 140 cm³/mol. The van der Waals surface area contributed by atoms with Crippen LogP contribution in [0.3, 0.4) is 0 Å². The van der Waals surface area contributed by atoms with E-state index in [0.717, 1.165) is 0 Å². The van der Waals surface area contributed by atoms with Gasteiger partial charge in [0.1, 0.15) is 12.1 Å². The van der Waals surface area contributed by atoms with Crippen molar-refractivity contribution in [1.29, 1.82) is 0 Å². The van der Waals surface area contributed by atoms with Crippen molar-refractivity contribution in [3.63, 3.8) is 0 Å². The third kappa shape index (κ3) is 10.5. The number of carboxylic acid groups (broad SMARTS) is 2. The van der Waals surface area contributed by atoms with Crippen molar-refractivity contribution in [1.82, 2.24) is 16.0 Å². The Kier molecular flexibility index (Phi) is 12.1. The smallest absolute Gasteiger partial charge is 0.328 e. The summed E-state index contributed by atoms with van der Waals surface area (Å²) in [5.74, 6) is -4.89. The van der Waals surface area contributed by atoms with Crippen molar-refractivity contribution >= 4 is 29.7 Å². The Labute approximate surface area is 225 Å². The lowest BCUT2D eigenvalue weighted by atomic mass is 10.0. The predicted octanol–water partition coefficient (Wildman–Crippen LogP) is -0.416. The van der Waals surface area contributed by atoms with Crippen molar-refractivity contribution in [3.8, 4) is 0 Å². The van der Waals surface area contributed by atoms with Crippen LogP contribution >= 0.6 is 0 Å². The minimum Gasteiger partial charge on any atom is -0.481 e. The molecule has 2 aromatic rings. The Hall–Kier alpha value is -4.29. The Bertz CT molecular complexity index is 1130. The molecule has 0 bridgehead atoms. The molecule has 2 aromatic carbocycles. The van der Waals surface area contributed by atoms with E-state index in [4.69, 9.17) is 10.8 Å². The molecule has 39 heavy (non-hydrogen) atoms. The lowest BCUT2D eigenvalue weighted by Crippen LogP contribution is -2.59. The van der Waals surface area contributed by atoms with E-state index in [-0.39, 0.29) is 25.7 Å². The monoisotopic (exact) mass is 542 g/mol. The lowest BCUT2D eigenvalue weighted by molar-refractivity contribution is -0.145. The average molecular weight is 543 g/mol. The summed E-state index contributed by atoms with van der Waals surface area (Å²) in [4.78, 5) is 61.6. The Balaban J connectivity index is 2.29. The minimum absolute atomic E-state index is 0.00527. The molecule has 5 atom stereocenters. The van der Waals surface area contributed by atoms with Gasteiger partial charge in [-0.15, -0.1) is 0 Å². The molecule has 12 heteroatoms. The summed E-state index contributed by atoms with van der Waals surface area (Å²) in [6.07, 6.45) is -1.85. The molecule has 0 aliphatic heterocycles. The van der Waals surface area contributed by atoms with Crippen LogP contribution in [0.5, 0.6) is 0 Å². The normalized spacial score (nSPS) is 14.6. The number of hydrogen-bond acceptors (Lipinski definition) is 7. The van der Waals surface area contributed by atoms with Crippen molar-refractivity contribution in [3.05, 3.63) is 71.8 Å². The van der Waals surface area contributed by atoms with Crippen LogP contribution in [0.1, 0.15) is 30.9 Å². The van der Waals surface area contributed by atoms with Crippen LogP contribution in [0.2, 0.25) is 0 Å². The maximum absolute atomic E-state index is 13.4. The number of amides is 3. The molecule has 0 radical (unpaired) electrons. The number of nitrogens with two attached hydrogens (primary N) is 1. The molecular formula is C27H34N4O8. The van der Waals surface area contributed by atoms with Crippen LogP contribution < -0.4 is 21.7 Å². The zero-order valence-electron chi connectivity index (χ0n) is 21.4. The van der Waals surface area contributed by atoms with Crippen LogP contribution in [-0.4, -0.2) is 75.3 Å². The molecule has 0 saturated carbocycles. The summed E-state index contributed by atoms with van der Waals surface area (Å²) in [5, 5.41) is 35.4. The van der Waals surface area contributed by atoms with E-state index in [0.29, 0.717) is 11.1 Å². The number of aliphatic carboxylic acids is 2. The van der Waals surface area contributed by atoms with Gasteiger partial charge in [-0.25, -0.2) is 4.79 Å². The molecule has 210 valence electrons. The summed E-state index contributed by atoms with van der Waals surface area (Å²) >= 11 is 0. The zero-order valence-corrected chi connectivity index (χ0v) is 21.4. The third-order valence-electron chi connectivity index (χ3n) is 5.88. The minimum atomic E-state index is -1.61.